The molecular formula is C18H24N2O2S. The van der Waals surface area contributed by atoms with Crippen molar-refractivity contribution in [3.8, 4) is 6.07 Å². The molecule has 23 heavy (non-hydrogen) atoms. The van der Waals surface area contributed by atoms with Crippen LogP contribution < -0.4 is 0 Å². The third-order valence-electron chi connectivity index (χ3n) is 4.59. The Kier molecular flexibility index (Phi) is 6.49. The van der Waals surface area contributed by atoms with Crippen molar-refractivity contribution in [3.05, 3.63) is 35.9 Å². The van der Waals surface area contributed by atoms with Crippen LogP contribution in [0.4, 0.5) is 0 Å². The number of benzene rings is 1. The zero-order valence-electron chi connectivity index (χ0n) is 13.6. The first-order valence-electron chi connectivity index (χ1n) is 8.08. The van der Waals surface area contributed by atoms with E-state index in [-0.39, 0.29) is 5.91 Å². The molecule has 1 aromatic rings. The molecule has 0 aromatic heterocycles. The topological polar surface area (TPSA) is 64.3 Å². The molecule has 1 aliphatic carbocycles. The Morgan fingerprint density at radius 2 is 2.00 bits per heavy atom. The van der Waals surface area contributed by atoms with E-state index in [9.17, 15) is 15.2 Å². The van der Waals surface area contributed by atoms with Gasteiger partial charge in [-0.05, 0) is 18.4 Å². The maximum Gasteiger partial charge on any atom is 0.233 e. The fourth-order valence-electron chi connectivity index (χ4n) is 3.02. The van der Waals surface area contributed by atoms with Gasteiger partial charge < -0.3 is 10.0 Å². The van der Waals surface area contributed by atoms with Crippen LogP contribution in [0.2, 0.25) is 0 Å². The number of rotatable bonds is 6. The number of aliphatic hydroxyl groups excluding tert-OH is 1. The van der Waals surface area contributed by atoms with Crippen molar-refractivity contribution in [3.63, 3.8) is 0 Å². The minimum absolute atomic E-state index is 0.0290. The number of carbonyl (C=O) groups excluding carboxylic acids is 1. The number of aliphatic hydroxyl groups is 1. The smallest absolute Gasteiger partial charge is 0.233 e. The molecule has 0 unspecified atom stereocenters. The highest BCUT2D eigenvalue weighted by Crippen LogP contribution is 2.32. The van der Waals surface area contributed by atoms with Crippen LogP contribution in [-0.2, 0) is 4.79 Å². The normalized spacial score (nSPS) is 18.0. The molecule has 124 valence electrons. The van der Waals surface area contributed by atoms with E-state index in [2.05, 4.69) is 6.07 Å². The van der Waals surface area contributed by atoms with Gasteiger partial charge >= 0.3 is 0 Å². The lowest BCUT2D eigenvalue weighted by atomic mass is 9.81. The molecule has 0 spiro atoms. The van der Waals surface area contributed by atoms with Gasteiger partial charge in [-0.1, -0.05) is 49.6 Å². The van der Waals surface area contributed by atoms with Crippen molar-refractivity contribution < 1.29 is 9.90 Å². The van der Waals surface area contributed by atoms with Crippen LogP contribution in [0.3, 0.4) is 0 Å². The third-order valence-corrected chi connectivity index (χ3v) is 5.59. The van der Waals surface area contributed by atoms with E-state index < -0.39 is 11.6 Å². The summed E-state index contributed by atoms with van der Waals surface area (Å²) < 4.78 is 0. The molecule has 4 nitrogen and oxygen atoms in total. The van der Waals surface area contributed by atoms with Gasteiger partial charge in [-0.3, -0.25) is 4.79 Å². The van der Waals surface area contributed by atoms with E-state index in [0.29, 0.717) is 11.5 Å². The van der Waals surface area contributed by atoms with E-state index in [1.54, 1.807) is 11.9 Å². The number of nitriles is 1. The van der Waals surface area contributed by atoms with Crippen LogP contribution in [0.15, 0.2) is 30.3 Å². The summed E-state index contributed by atoms with van der Waals surface area (Å²) in [6, 6.07) is 11.8. The molecule has 1 N–H and O–H groups in total. The number of hydrogen-bond acceptors (Lipinski definition) is 4. The Hall–Kier alpha value is -1.51. The van der Waals surface area contributed by atoms with Gasteiger partial charge in [-0.2, -0.15) is 5.26 Å². The lowest BCUT2D eigenvalue weighted by Gasteiger charge is -2.39. The highest BCUT2D eigenvalue weighted by Gasteiger charge is 2.38. The van der Waals surface area contributed by atoms with Crippen molar-refractivity contribution in [2.45, 2.75) is 43.7 Å². The number of nitrogens with zero attached hydrogens (tertiary/aromatic N) is 2. The average Bonchev–Trinajstić information content (AvgIpc) is 2.62. The fraction of sp³-hybridized carbons (Fsp3) is 0.556. The molecule has 0 aliphatic heterocycles. The number of carbonyl (C=O) groups is 1. The predicted octanol–water partition coefficient (Wildman–Crippen LogP) is 3.14. The van der Waals surface area contributed by atoms with Crippen LogP contribution in [0.25, 0.3) is 0 Å². The second-order valence-electron chi connectivity index (χ2n) is 6.10. The molecule has 1 saturated carbocycles. The highest BCUT2D eigenvalue weighted by molar-refractivity contribution is 7.99. The summed E-state index contributed by atoms with van der Waals surface area (Å²) in [7, 11) is 1.74. The summed E-state index contributed by atoms with van der Waals surface area (Å²) in [5, 5.41) is 19.7. The van der Waals surface area contributed by atoms with E-state index in [4.69, 9.17) is 0 Å². The molecule has 1 aromatic carbocycles. The highest BCUT2D eigenvalue weighted by atomic mass is 32.2. The summed E-state index contributed by atoms with van der Waals surface area (Å²) >= 11 is 1.42. The van der Waals surface area contributed by atoms with E-state index in [1.807, 2.05) is 30.3 Å². The van der Waals surface area contributed by atoms with E-state index >= 15 is 0 Å². The van der Waals surface area contributed by atoms with Crippen LogP contribution in [0, 0.1) is 11.3 Å². The first-order valence-corrected chi connectivity index (χ1v) is 9.23. The minimum Gasteiger partial charge on any atom is -0.388 e. The van der Waals surface area contributed by atoms with Gasteiger partial charge in [0.25, 0.3) is 0 Å². The molecule has 1 fully saturated rings. The number of amides is 1. The molecule has 0 saturated heterocycles. The summed E-state index contributed by atoms with van der Waals surface area (Å²) in [5.41, 5.74) is 0.232. The summed E-state index contributed by atoms with van der Waals surface area (Å²) in [6.45, 7) is 0. The van der Waals surface area contributed by atoms with E-state index in [1.165, 1.54) is 11.8 Å². The van der Waals surface area contributed by atoms with Gasteiger partial charge in [0.15, 0.2) is 0 Å². The lowest BCUT2D eigenvalue weighted by Crippen LogP contribution is -2.50. The Morgan fingerprint density at radius 1 is 1.35 bits per heavy atom. The summed E-state index contributed by atoms with van der Waals surface area (Å²) in [4.78, 5) is 14.0. The van der Waals surface area contributed by atoms with Gasteiger partial charge in [0.1, 0.15) is 5.54 Å². The van der Waals surface area contributed by atoms with Gasteiger partial charge in [0.05, 0.1) is 17.9 Å². The van der Waals surface area contributed by atoms with Gasteiger partial charge in [-0.25, -0.2) is 0 Å². The maximum absolute atomic E-state index is 12.4. The van der Waals surface area contributed by atoms with Crippen LogP contribution >= 0.6 is 11.8 Å². The van der Waals surface area contributed by atoms with Gasteiger partial charge in [-0.15, -0.1) is 11.8 Å². The predicted molar refractivity (Wildman–Crippen MR) is 92.9 cm³/mol. The Balaban J connectivity index is 1.83. The molecular weight excluding hydrogens is 308 g/mol. The second-order valence-corrected chi connectivity index (χ2v) is 7.13. The van der Waals surface area contributed by atoms with Crippen LogP contribution in [0.5, 0.6) is 0 Å². The van der Waals surface area contributed by atoms with Gasteiger partial charge in [0.2, 0.25) is 5.91 Å². The van der Waals surface area contributed by atoms with Crippen LogP contribution in [-0.4, -0.2) is 40.0 Å². The molecule has 0 bridgehead atoms. The maximum atomic E-state index is 12.4. The monoisotopic (exact) mass is 332 g/mol. The average molecular weight is 332 g/mol. The largest absolute Gasteiger partial charge is 0.388 e. The zero-order chi connectivity index (χ0) is 16.7. The Labute approximate surface area is 142 Å². The minimum atomic E-state index is -0.631. The number of thioether (sulfide) groups is 1. The SMILES string of the molecule is CN(C(=O)CSC[C@H](O)c1ccccc1)C1(C#N)CCCCC1. The summed E-state index contributed by atoms with van der Waals surface area (Å²) in [5.74, 6) is 0.742. The first kappa shape index (κ1) is 17.8. The fourth-order valence-corrected chi connectivity index (χ4v) is 3.93. The second kappa shape index (κ2) is 8.37. The lowest BCUT2D eigenvalue weighted by molar-refractivity contribution is -0.131. The summed E-state index contributed by atoms with van der Waals surface area (Å²) in [6.07, 6.45) is 4.12. The Morgan fingerprint density at radius 3 is 2.61 bits per heavy atom. The number of hydrogen-bond donors (Lipinski definition) is 1. The van der Waals surface area contributed by atoms with Crippen molar-refractivity contribution >= 4 is 17.7 Å². The molecule has 1 aliphatic rings. The van der Waals surface area contributed by atoms with E-state index in [0.717, 1.165) is 37.7 Å². The zero-order valence-corrected chi connectivity index (χ0v) is 14.4. The molecule has 0 heterocycles. The first-order chi connectivity index (χ1) is 11.1. The Bertz CT molecular complexity index is 550. The van der Waals surface area contributed by atoms with Crippen molar-refractivity contribution in [2.75, 3.05) is 18.6 Å². The molecule has 1 atom stereocenters. The molecule has 5 heteroatoms. The van der Waals surface area contributed by atoms with Gasteiger partial charge in [0, 0.05) is 12.8 Å². The van der Waals surface area contributed by atoms with Crippen molar-refractivity contribution in [1.29, 1.82) is 5.26 Å². The van der Waals surface area contributed by atoms with Crippen molar-refractivity contribution in [1.82, 2.24) is 4.90 Å². The molecule has 0 radical (unpaired) electrons. The third kappa shape index (κ3) is 4.49. The van der Waals surface area contributed by atoms with Crippen LogP contribution in [0.1, 0.15) is 43.8 Å². The molecule has 1 amide bonds. The molecule has 2 rings (SSSR count). The standard InChI is InChI=1S/C18H24N2O2S/c1-20(18(14-19)10-6-3-7-11-18)17(22)13-23-12-16(21)15-8-4-2-5-9-15/h2,4-5,8-9,16,21H,3,6-7,10-13H2,1H3/t16-/m0/s1. The quantitative estimate of drug-likeness (QED) is 0.869. The van der Waals surface area contributed by atoms with Crippen molar-refractivity contribution in [2.24, 2.45) is 0 Å².